The predicted molar refractivity (Wildman–Crippen MR) is 108 cm³/mol. The number of rotatable bonds is 6. The van der Waals surface area contributed by atoms with E-state index in [1.54, 1.807) is 19.1 Å². The highest BCUT2D eigenvalue weighted by Gasteiger charge is 2.42. The Kier molecular flexibility index (Phi) is 6.16. The molecule has 0 aliphatic heterocycles. The van der Waals surface area contributed by atoms with Crippen molar-refractivity contribution < 1.29 is 13.9 Å². The Morgan fingerprint density at radius 3 is 2.66 bits per heavy atom. The second kappa shape index (κ2) is 8.60. The molecule has 4 N–H and O–H groups in total. The van der Waals surface area contributed by atoms with E-state index < -0.39 is 23.3 Å². The number of nitrogens with one attached hydrogen (secondary N) is 1. The lowest BCUT2D eigenvalue weighted by Crippen LogP contribution is -2.57. The van der Waals surface area contributed by atoms with Crippen molar-refractivity contribution in [1.82, 2.24) is 19.8 Å². The van der Waals surface area contributed by atoms with Gasteiger partial charge >= 0.3 is 0 Å². The van der Waals surface area contributed by atoms with Crippen LogP contribution in [0, 0.1) is 11.6 Å². The van der Waals surface area contributed by atoms with Crippen LogP contribution in [0.2, 0.25) is 0 Å². The minimum absolute atomic E-state index is 0.114. The summed E-state index contributed by atoms with van der Waals surface area (Å²) in [6.45, 7) is 1.40. The molecule has 2 unspecified atom stereocenters. The summed E-state index contributed by atoms with van der Waals surface area (Å²) in [6, 6.07) is 11.1. The van der Waals surface area contributed by atoms with Crippen molar-refractivity contribution in [1.29, 1.82) is 0 Å². The van der Waals surface area contributed by atoms with Gasteiger partial charge in [-0.05, 0) is 37.3 Å². The van der Waals surface area contributed by atoms with E-state index >= 15 is 0 Å². The van der Waals surface area contributed by atoms with E-state index in [-0.39, 0.29) is 17.2 Å². The third kappa shape index (κ3) is 4.56. The number of hydrogen-bond acceptors (Lipinski definition) is 5. The number of nitrogens with two attached hydrogens (primary N) is 1. The Balaban J connectivity index is 1.93. The summed E-state index contributed by atoms with van der Waals surface area (Å²) in [5.41, 5.74) is -1.34. The summed E-state index contributed by atoms with van der Waals surface area (Å²) in [4.78, 5) is 3.84. The molecular formula is C19H20F2N6OS. The molecule has 10 heteroatoms. The first kappa shape index (κ1) is 20.8. The molecule has 0 spiro atoms. The van der Waals surface area contributed by atoms with E-state index in [1.165, 1.54) is 23.4 Å². The first-order valence-electron chi connectivity index (χ1n) is 8.71. The van der Waals surface area contributed by atoms with E-state index in [1.807, 2.05) is 18.2 Å². The number of anilines is 1. The molecule has 0 radical (unpaired) electrons. The van der Waals surface area contributed by atoms with Crippen molar-refractivity contribution in [2.75, 3.05) is 5.32 Å². The summed E-state index contributed by atoms with van der Waals surface area (Å²) < 4.78 is 29.4. The number of hydrazine groups is 1. The molecule has 7 nitrogen and oxygen atoms in total. The Morgan fingerprint density at radius 1 is 1.31 bits per heavy atom. The fourth-order valence-corrected chi connectivity index (χ4v) is 3.24. The molecule has 0 aliphatic carbocycles. The SMILES string of the molecule is CC(N(N)C(=S)Nc1ccccc1)C(O)(Cn1cncn1)c1ccc(F)cc1F. The molecule has 29 heavy (non-hydrogen) atoms. The number of halogens is 2. The van der Waals surface area contributed by atoms with Crippen LogP contribution in [0.15, 0.2) is 61.2 Å². The summed E-state index contributed by atoms with van der Waals surface area (Å²) in [5, 5.41) is 19.7. The highest BCUT2D eigenvalue weighted by molar-refractivity contribution is 7.80. The normalized spacial score (nSPS) is 14.1. The van der Waals surface area contributed by atoms with Crippen LogP contribution in [0.3, 0.4) is 0 Å². The van der Waals surface area contributed by atoms with Crippen LogP contribution in [-0.4, -0.2) is 36.0 Å². The minimum atomic E-state index is -1.90. The molecule has 0 aliphatic rings. The van der Waals surface area contributed by atoms with Gasteiger partial charge in [-0.15, -0.1) is 0 Å². The Labute approximate surface area is 171 Å². The quantitative estimate of drug-likeness (QED) is 0.322. The second-order valence-corrected chi connectivity index (χ2v) is 6.91. The Morgan fingerprint density at radius 2 is 2.03 bits per heavy atom. The van der Waals surface area contributed by atoms with E-state index in [4.69, 9.17) is 18.1 Å². The lowest BCUT2D eigenvalue weighted by atomic mass is 9.86. The number of nitrogens with zero attached hydrogens (tertiary/aromatic N) is 4. The first-order valence-corrected chi connectivity index (χ1v) is 9.12. The Hall–Kier alpha value is -2.95. The topological polar surface area (TPSA) is 92.2 Å². The van der Waals surface area contributed by atoms with Gasteiger partial charge in [0.2, 0.25) is 0 Å². The smallest absolute Gasteiger partial charge is 0.188 e. The van der Waals surface area contributed by atoms with Crippen molar-refractivity contribution in [3.05, 3.63) is 78.4 Å². The summed E-state index contributed by atoms with van der Waals surface area (Å²) in [5.74, 6) is 4.50. The highest BCUT2D eigenvalue weighted by Crippen LogP contribution is 2.32. The zero-order valence-electron chi connectivity index (χ0n) is 15.5. The van der Waals surface area contributed by atoms with Crippen LogP contribution in [-0.2, 0) is 12.1 Å². The summed E-state index contributed by atoms with van der Waals surface area (Å²) in [6.07, 6.45) is 2.66. The van der Waals surface area contributed by atoms with Crippen molar-refractivity contribution in [2.45, 2.75) is 25.1 Å². The van der Waals surface area contributed by atoms with Crippen LogP contribution < -0.4 is 11.2 Å². The lowest BCUT2D eigenvalue weighted by molar-refractivity contribution is -0.0457. The van der Waals surface area contributed by atoms with Gasteiger partial charge in [-0.2, -0.15) is 5.10 Å². The molecule has 0 fully saturated rings. The van der Waals surface area contributed by atoms with Crippen LogP contribution >= 0.6 is 12.2 Å². The highest BCUT2D eigenvalue weighted by atomic mass is 32.1. The van der Waals surface area contributed by atoms with Gasteiger partial charge in [0, 0.05) is 17.3 Å². The number of thiocarbonyl (C=S) groups is 1. The number of para-hydroxylation sites is 1. The molecular weight excluding hydrogens is 398 g/mol. The number of hydrogen-bond donors (Lipinski definition) is 3. The molecule has 152 valence electrons. The maximum Gasteiger partial charge on any atom is 0.188 e. The van der Waals surface area contributed by atoms with Gasteiger partial charge in [-0.3, -0.25) is 5.01 Å². The first-order chi connectivity index (χ1) is 13.8. The number of aliphatic hydroxyl groups is 1. The molecule has 3 rings (SSSR count). The lowest BCUT2D eigenvalue weighted by Gasteiger charge is -2.40. The van der Waals surface area contributed by atoms with Gasteiger partial charge < -0.3 is 10.4 Å². The molecule has 0 saturated heterocycles. The standard InChI is InChI=1S/C19H20F2N6OS/c1-13(27(22)18(29)25-15-5-3-2-4-6-15)19(28,10-26-12-23-11-24-26)16-8-7-14(20)9-17(16)21/h2-9,11-13,28H,10,22H2,1H3,(H,25,29). The van der Waals surface area contributed by atoms with Crippen LogP contribution in [0.4, 0.5) is 14.5 Å². The van der Waals surface area contributed by atoms with Crippen LogP contribution in [0.1, 0.15) is 12.5 Å². The average Bonchev–Trinajstić information content (AvgIpc) is 3.20. The van der Waals surface area contributed by atoms with Gasteiger partial charge in [-0.25, -0.2) is 24.3 Å². The monoisotopic (exact) mass is 418 g/mol. The molecule has 0 saturated carbocycles. The molecule has 2 aromatic carbocycles. The molecule has 2 atom stereocenters. The fourth-order valence-electron chi connectivity index (χ4n) is 2.96. The average molecular weight is 418 g/mol. The third-order valence-corrected chi connectivity index (χ3v) is 4.95. The molecule has 1 heterocycles. The van der Waals surface area contributed by atoms with Gasteiger partial charge in [0.15, 0.2) is 5.11 Å². The van der Waals surface area contributed by atoms with Gasteiger partial charge in [0.05, 0.1) is 12.6 Å². The molecule has 0 amide bonds. The zero-order chi connectivity index (χ0) is 21.0. The van der Waals surface area contributed by atoms with E-state index in [0.29, 0.717) is 11.8 Å². The number of aromatic nitrogens is 3. The van der Waals surface area contributed by atoms with Crippen molar-refractivity contribution in [3.63, 3.8) is 0 Å². The second-order valence-electron chi connectivity index (χ2n) is 6.52. The van der Waals surface area contributed by atoms with Crippen molar-refractivity contribution in [2.24, 2.45) is 5.84 Å². The molecule has 3 aromatic rings. The maximum atomic E-state index is 14.6. The van der Waals surface area contributed by atoms with Gasteiger partial charge in [-0.1, -0.05) is 24.3 Å². The van der Waals surface area contributed by atoms with Crippen molar-refractivity contribution in [3.8, 4) is 0 Å². The van der Waals surface area contributed by atoms with Gasteiger partial charge in [0.1, 0.15) is 29.9 Å². The predicted octanol–water partition coefficient (Wildman–Crippen LogP) is 2.41. The molecule has 0 bridgehead atoms. The Bertz CT molecular complexity index is 972. The maximum absolute atomic E-state index is 14.6. The minimum Gasteiger partial charge on any atom is -0.381 e. The van der Waals surface area contributed by atoms with Crippen LogP contribution in [0.25, 0.3) is 0 Å². The van der Waals surface area contributed by atoms with Crippen molar-refractivity contribution >= 4 is 23.0 Å². The molecule has 1 aromatic heterocycles. The summed E-state index contributed by atoms with van der Waals surface area (Å²) in [7, 11) is 0. The van der Waals surface area contributed by atoms with E-state index in [0.717, 1.165) is 11.1 Å². The van der Waals surface area contributed by atoms with Crippen LogP contribution in [0.5, 0.6) is 0 Å². The third-order valence-electron chi connectivity index (χ3n) is 4.64. The number of benzene rings is 2. The summed E-state index contributed by atoms with van der Waals surface area (Å²) >= 11 is 5.35. The van der Waals surface area contributed by atoms with E-state index in [9.17, 15) is 13.9 Å². The largest absolute Gasteiger partial charge is 0.381 e. The fraction of sp³-hybridized carbons (Fsp3) is 0.211. The zero-order valence-corrected chi connectivity index (χ0v) is 16.4. The van der Waals surface area contributed by atoms with E-state index in [2.05, 4.69) is 15.4 Å². The van der Waals surface area contributed by atoms with Gasteiger partial charge in [0.25, 0.3) is 0 Å².